The van der Waals surface area contributed by atoms with Crippen LogP contribution in [-0.2, 0) is 52.4 Å². The fourth-order valence-electron chi connectivity index (χ4n) is 10.3. The van der Waals surface area contributed by atoms with Crippen LogP contribution in [0.15, 0.2) is 24.3 Å². The van der Waals surface area contributed by atoms with E-state index < -0.39 is 42.9 Å². The number of hydrogen-bond acceptors (Lipinski definition) is 12. The van der Waals surface area contributed by atoms with E-state index in [1.807, 2.05) is 26.0 Å². The first-order chi connectivity index (χ1) is 26.3. The number of carbonyl (C=O) groups excluding carboxylic acids is 6. The Morgan fingerprint density at radius 2 is 1.29 bits per heavy atom. The van der Waals surface area contributed by atoms with Crippen LogP contribution in [-0.4, -0.2) is 68.0 Å². The van der Waals surface area contributed by atoms with E-state index in [-0.39, 0.29) is 68.2 Å². The van der Waals surface area contributed by atoms with E-state index in [1.54, 1.807) is 19.1 Å². The van der Waals surface area contributed by atoms with Gasteiger partial charge in [-0.1, -0.05) is 52.0 Å². The highest BCUT2D eigenvalue weighted by Crippen LogP contribution is 2.67. The zero-order chi connectivity index (χ0) is 40.0. The molecule has 0 unspecified atom stereocenters. The number of hydrogen-bond donors (Lipinski definition) is 0. The minimum atomic E-state index is -1.01. The van der Waals surface area contributed by atoms with Gasteiger partial charge in [-0.05, 0) is 118 Å². The summed E-state index contributed by atoms with van der Waals surface area (Å²) in [6.07, 6.45) is 15.7. The summed E-state index contributed by atoms with van der Waals surface area (Å²) in [5.74, 6) is 0.578. The van der Waals surface area contributed by atoms with Crippen molar-refractivity contribution in [3.8, 4) is 0 Å². The van der Waals surface area contributed by atoms with E-state index in [0.29, 0.717) is 29.5 Å². The monoisotopic (exact) mass is 772 g/mol. The van der Waals surface area contributed by atoms with Crippen molar-refractivity contribution >= 4 is 35.8 Å². The van der Waals surface area contributed by atoms with E-state index >= 15 is 0 Å². The molecule has 55 heavy (non-hydrogen) atoms. The van der Waals surface area contributed by atoms with Crippen LogP contribution in [0.2, 0.25) is 0 Å². The molecule has 4 aliphatic carbocycles. The summed E-state index contributed by atoms with van der Waals surface area (Å²) < 4.78 is 31.6. The molecule has 12 heteroatoms. The van der Waals surface area contributed by atoms with Gasteiger partial charge in [0, 0.05) is 18.8 Å². The summed E-state index contributed by atoms with van der Waals surface area (Å²) in [5.41, 5.74) is 0.330. The summed E-state index contributed by atoms with van der Waals surface area (Å²) >= 11 is 0. The van der Waals surface area contributed by atoms with Crippen LogP contribution in [0.3, 0.4) is 0 Å². The van der Waals surface area contributed by atoms with Crippen molar-refractivity contribution in [1.29, 1.82) is 0 Å². The van der Waals surface area contributed by atoms with Crippen molar-refractivity contribution < 1.29 is 57.2 Å². The zero-order valence-electron chi connectivity index (χ0n) is 33.7. The SMILES string of the molecule is CC/C=C\CC(=O)OCC(COC(=O)C/C=C\CC)OC(=O)CCCC(=O)OCOC(=O)O[C@@H]1CC[C@@]2(C)[C@@H](CC[C@@H]3[C@@H]2CC[C@]2(C)[C@@H](C(C)=O)CC[C@@H]32)C1. The lowest BCUT2D eigenvalue weighted by Crippen LogP contribution is -2.54. The van der Waals surface area contributed by atoms with Gasteiger partial charge < -0.3 is 28.4 Å². The molecule has 0 aromatic heterocycles. The Bertz CT molecular complexity index is 1370. The number of allylic oxidation sites excluding steroid dienone is 2. The first-order valence-corrected chi connectivity index (χ1v) is 20.6. The van der Waals surface area contributed by atoms with Gasteiger partial charge in [0.05, 0.1) is 12.8 Å². The maximum atomic E-state index is 12.5. The number of esters is 4. The second-order valence-corrected chi connectivity index (χ2v) is 16.5. The Kier molecular flexibility index (Phi) is 16.8. The molecule has 0 saturated heterocycles. The molecule has 0 spiro atoms. The van der Waals surface area contributed by atoms with Gasteiger partial charge in [0.2, 0.25) is 6.79 Å². The van der Waals surface area contributed by atoms with Crippen molar-refractivity contribution in [2.45, 2.75) is 150 Å². The normalized spacial score (nSPS) is 29.9. The Balaban J connectivity index is 1.13. The second kappa shape index (κ2) is 21.0. The minimum absolute atomic E-state index is 0.0621. The molecule has 0 bridgehead atoms. The average Bonchev–Trinajstić information content (AvgIpc) is 3.50. The topological polar surface area (TPSA) is 158 Å². The first kappa shape index (κ1) is 44.0. The number of Topliss-reactive ketones (excluding diaryl/α,β-unsaturated/α-hetero) is 1. The van der Waals surface area contributed by atoms with Gasteiger partial charge in [0.15, 0.2) is 6.10 Å². The molecule has 0 radical (unpaired) electrons. The molecule has 0 amide bonds. The molecule has 4 aliphatic rings. The number of ketones is 1. The van der Waals surface area contributed by atoms with Crippen LogP contribution in [0.4, 0.5) is 4.79 Å². The van der Waals surface area contributed by atoms with E-state index in [4.69, 9.17) is 28.4 Å². The Hall–Kier alpha value is -3.70. The smallest absolute Gasteiger partial charge is 0.461 e. The highest BCUT2D eigenvalue weighted by atomic mass is 16.8. The zero-order valence-corrected chi connectivity index (χ0v) is 33.7. The van der Waals surface area contributed by atoms with Crippen LogP contribution in [0.25, 0.3) is 0 Å². The average molecular weight is 773 g/mol. The first-order valence-electron chi connectivity index (χ1n) is 20.6. The Morgan fingerprint density at radius 1 is 0.673 bits per heavy atom. The maximum absolute atomic E-state index is 12.5. The van der Waals surface area contributed by atoms with E-state index in [9.17, 15) is 28.8 Å². The fourth-order valence-corrected chi connectivity index (χ4v) is 10.3. The van der Waals surface area contributed by atoms with Gasteiger partial charge in [-0.2, -0.15) is 0 Å². The van der Waals surface area contributed by atoms with Crippen LogP contribution in [0.5, 0.6) is 0 Å². The van der Waals surface area contributed by atoms with Crippen molar-refractivity contribution in [3.05, 3.63) is 24.3 Å². The predicted molar refractivity (Wildman–Crippen MR) is 202 cm³/mol. The van der Waals surface area contributed by atoms with Gasteiger partial charge in [-0.15, -0.1) is 0 Å². The summed E-state index contributed by atoms with van der Waals surface area (Å²) in [6.45, 7) is 9.29. The molecule has 4 fully saturated rings. The minimum Gasteiger partial charge on any atom is -0.461 e. The van der Waals surface area contributed by atoms with E-state index in [1.165, 1.54) is 6.42 Å². The Morgan fingerprint density at radius 3 is 1.93 bits per heavy atom. The molecule has 0 aromatic carbocycles. The number of carbonyl (C=O) groups is 6. The fraction of sp³-hybridized carbons (Fsp3) is 0.767. The number of rotatable bonds is 19. The third-order valence-electron chi connectivity index (χ3n) is 13.1. The lowest BCUT2D eigenvalue weighted by atomic mass is 9.44. The number of fused-ring (bicyclic) bond motifs is 5. The van der Waals surface area contributed by atoms with Crippen molar-refractivity contribution in [3.63, 3.8) is 0 Å². The molecule has 0 aromatic rings. The quantitative estimate of drug-likeness (QED) is 0.0538. The summed E-state index contributed by atoms with van der Waals surface area (Å²) in [5, 5.41) is 0. The summed E-state index contributed by atoms with van der Waals surface area (Å²) in [4.78, 5) is 73.9. The van der Waals surface area contributed by atoms with Crippen molar-refractivity contribution in [2.24, 2.45) is 40.4 Å². The summed E-state index contributed by atoms with van der Waals surface area (Å²) in [7, 11) is 0. The molecule has 0 N–H and O–H groups in total. The van der Waals surface area contributed by atoms with Gasteiger partial charge in [-0.3, -0.25) is 24.0 Å². The largest absolute Gasteiger partial charge is 0.511 e. The molecular formula is C43H64O12. The van der Waals surface area contributed by atoms with E-state index in [2.05, 4.69) is 13.8 Å². The molecule has 4 saturated carbocycles. The van der Waals surface area contributed by atoms with Gasteiger partial charge in [0.1, 0.15) is 25.1 Å². The highest BCUT2D eigenvalue weighted by Gasteiger charge is 2.61. The molecule has 0 heterocycles. The predicted octanol–water partition coefficient (Wildman–Crippen LogP) is 8.14. The summed E-state index contributed by atoms with van der Waals surface area (Å²) in [6, 6.07) is 0. The van der Waals surface area contributed by atoms with Crippen molar-refractivity contribution in [2.75, 3.05) is 20.0 Å². The Labute approximate surface area is 326 Å². The van der Waals surface area contributed by atoms with Crippen molar-refractivity contribution in [1.82, 2.24) is 0 Å². The molecule has 0 aliphatic heterocycles. The molecule has 8 atom stereocenters. The lowest BCUT2D eigenvalue weighted by Gasteiger charge is -2.61. The lowest BCUT2D eigenvalue weighted by molar-refractivity contribution is -0.166. The third kappa shape index (κ3) is 12.1. The standard InChI is InChI=1S/C43H64O12/c1-6-8-10-13-37(45)50-26-32(27-51-38(46)14-11-9-7-2)54-40(48)16-12-15-39(47)52-28-53-41(49)55-31-21-23-42(4)30(25-31)17-18-33-35-20-19-34(29(3)44)43(35,5)24-22-36(33)42/h8-11,30-36H,6-7,12-28H2,1-5H3/b10-8-,11-9-/t30-,31+,33-,34+,35-,36-,42-,43+/m0/s1. The molecule has 308 valence electrons. The van der Waals surface area contributed by atoms with E-state index in [0.717, 1.165) is 64.2 Å². The van der Waals surface area contributed by atoms with Gasteiger partial charge in [0.25, 0.3) is 0 Å². The number of ether oxygens (including phenoxy) is 6. The van der Waals surface area contributed by atoms with Gasteiger partial charge in [-0.25, -0.2) is 4.79 Å². The van der Waals surface area contributed by atoms with Crippen LogP contribution in [0.1, 0.15) is 137 Å². The maximum Gasteiger partial charge on any atom is 0.511 e. The van der Waals surface area contributed by atoms with Crippen LogP contribution < -0.4 is 0 Å². The third-order valence-corrected chi connectivity index (χ3v) is 13.1. The second-order valence-electron chi connectivity index (χ2n) is 16.5. The molecular weight excluding hydrogens is 708 g/mol. The van der Waals surface area contributed by atoms with Crippen LogP contribution in [0, 0.1) is 40.4 Å². The van der Waals surface area contributed by atoms with Crippen LogP contribution >= 0.6 is 0 Å². The molecule has 12 nitrogen and oxygen atoms in total. The molecule has 4 rings (SSSR count). The highest BCUT2D eigenvalue weighted by molar-refractivity contribution is 5.79. The van der Waals surface area contributed by atoms with Gasteiger partial charge >= 0.3 is 30.0 Å².